The third-order valence-corrected chi connectivity index (χ3v) is 3.82. The maximum atomic E-state index is 12.2. The Morgan fingerprint density at radius 1 is 1.47 bits per heavy atom. The Balaban J connectivity index is 0.00000180. The molecule has 0 radical (unpaired) electrons. The summed E-state index contributed by atoms with van der Waals surface area (Å²) in [4.78, 5) is 14.2. The molecule has 5 heteroatoms. The molecule has 106 valence electrons. The Labute approximate surface area is 125 Å². The first kappa shape index (κ1) is 16.3. The minimum absolute atomic E-state index is 0. The van der Waals surface area contributed by atoms with Crippen LogP contribution < -0.4 is 5.73 Å². The van der Waals surface area contributed by atoms with Gasteiger partial charge in [0.25, 0.3) is 0 Å². The van der Waals surface area contributed by atoms with E-state index in [-0.39, 0.29) is 30.3 Å². The van der Waals surface area contributed by atoms with E-state index in [2.05, 4.69) is 0 Å². The number of carbonyl (C=O) groups is 1. The second-order valence-corrected chi connectivity index (χ2v) is 5.31. The minimum atomic E-state index is -0.0992. The molecule has 1 aromatic rings. The summed E-state index contributed by atoms with van der Waals surface area (Å²) in [6, 6.07) is 7.95. The van der Waals surface area contributed by atoms with Crippen LogP contribution in [0.3, 0.4) is 0 Å². The quantitative estimate of drug-likeness (QED) is 0.933. The normalized spacial score (nSPS) is 19.9. The molecule has 19 heavy (non-hydrogen) atoms. The van der Waals surface area contributed by atoms with Gasteiger partial charge in [-0.25, -0.2) is 0 Å². The standard InChI is InChI=1S/C14H19ClN2O.ClH/c1-10(9-16)14(18)17-8-2-3-13(17)11-4-6-12(15)7-5-11;/h4-7,10,13H,2-3,8-9,16H2,1H3;1H. The predicted octanol–water partition coefficient (Wildman–Crippen LogP) is 3.02. The van der Waals surface area contributed by atoms with Gasteiger partial charge in [-0.1, -0.05) is 30.7 Å². The van der Waals surface area contributed by atoms with Crippen molar-refractivity contribution in [1.29, 1.82) is 0 Å². The number of hydrogen-bond acceptors (Lipinski definition) is 2. The van der Waals surface area contributed by atoms with Crippen molar-refractivity contribution in [3.63, 3.8) is 0 Å². The molecule has 1 saturated heterocycles. The largest absolute Gasteiger partial charge is 0.335 e. The summed E-state index contributed by atoms with van der Waals surface area (Å²) < 4.78 is 0. The molecule has 0 saturated carbocycles. The number of benzene rings is 1. The van der Waals surface area contributed by atoms with Crippen molar-refractivity contribution in [2.75, 3.05) is 13.1 Å². The lowest BCUT2D eigenvalue weighted by atomic mass is 10.0. The molecule has 2 N–H and O–H groups in total. The number of carbonyl (C=O) groups excluding carboxylic acids is 1. The molecule has 2 atom stereocenters. The van der Waals surface area contributed by atoms with Gasteiger partial charge in [0.1, 0.15) is 0 Å². The maximum absolute atomic E-state index is 12.2. The van der Waals surface area contributed by atoms with Gasteiger partial charge < -0.3 is 10.6 Å². The Morgan fingerprint density at radius 3 is 2.68 bits per heavy atom. The number of rotatable bonds is 3. The van der Waals surface area contributed by atoms with Gasteiger partial charge in [0.2, 0.25) is 5.91 Å². The van der Waals surface area contributed by atoms with Gasteiger partial charge in [-0.3, -0.25) is 4.79 Å². The monoisotopic (exact) mass is 302 g/mol. The molecule has 0 aliphatic carbocycles. The third-order valence-electron chi connectivity index (χ3n) is 3.57. The number of nitrogens with zero attached hydrogens (tertiary/aromatic N) is 1. The lowest BCUT2D eigenvalue weighted by molar-refractivity contribution is -0.135. The van der Waals surface area contributed by atoms with E-state index in [0.29, 0.717) is 6.54 Å². The van der Waals surface area contributed by atoms with Crippen molar-refractivity contribution in [2.24, 2.45) is 11.7 Å². The molecular weight excluding hydrogens is 283 g/mol. The van der Waals surface area contributed by atoms with Crippen molar-refractivity contribution >= 4 is 29.9 Å². The molecule has 2 rings (SSSR count). The molecule has 1 heterocycles. The number of amides is 1. The van der Waals surface area contributed by atoms with E-state index in [9.17, 15) is 4.79 Å². The first-order valence-corrected chi connectivity index (χ1v) is 6.77. The number of likely N-dealkylation sites (tertiary alicyclic amines) is 1. The van der Waals surface area contributed by atoms with Gasteiger partial charge in [0.15, 0.2) is 0 Å². The highest BCUT2D eigenvalue weighted by molar-refractivity contribution is 6.30. The topological polar surface area (TPSA) is 46.3 Å². The maximum Gasteiger partial charge on any atom is 0.227 e. The van der Waals surface area contributed by atoms with E-state index in [1.807, 2.05) is 36.1 Å². The highest BCUT2D eigenvalue weighted by Gasteiger charge is 2.31. The summed E-state index contributed by atoms with van der Waals surface area (Å²) in [5.41, 5.74) is 6.74. The van der Waals surface area contributed by atoms with Crippen LogP contribution in [-0.4, -0.2) is 23.9 Å². The fraction of sp³-hybridized carbons (Fsp3) is 0.500. The van der Waals surface area contributed by atoms with E-state index < -0.39 is 0 Å². The van der Waals surface area contributed by atoms with Crippen LogP contribution in [-0.2, 0) is 4.79 Å². The molecule has 1 fully saturated rings. The van der Waals surface area contributed by atoms with E-state index in [4.69, 9.17) is 17.3 Å². The van der Waals surface area contributed by atoms with Crippen LogP contribution in [0.5, 0.6) is 0 Å². The van der Waals surface area contributed by atoms with Crippen LogP contribution >= 0.6 is 24.0 Å². The molecule has 2 unspecified atom stereocenters. The van der Waals surface area contributed by atoms with Gasteiger partial charge in [0.05, 0.1) is 6.04 Å². The zero-order chi connectivity index (χ0) is 13.1. The second kappa shape index (κ2) is 7.13. The molecule has 3 nitrogen and oxygen atoms in total. The van der Waals surface area contributed by atoms with Crippen LogP contribution in [0.15, 0.2) is 24.3 Å². The van der Waals surface area contributed by atoms with Gasteiger partial charge in [0, 0.05) is 24.0 Å². The lowest BCUT2D eigenvalue weighted by Gasteiger charge is -2.27. The van der Waals surface area contributed by atoms with E-state index in [1.165, 1.54) is 0 Å². The number of hydrogen-bond donors (Lipinski definition) is 1. The summed E-state index contributed by atoms with van der Waals surface area (Å²) in [7, 11) is 0. The fourth-order valence-corrected chi connectivity index (χ4v) is 2.57. The summed E-state index contributed by atoms with van der Waals surface area (Å²) in [6.45, 7) is 3.12. The average molecular weight is 303 g/mol. The zero-order valence-corrected chi connectivity index (χ0v) is 12.6. The van der Waals surface area contributed by atoms with Crippen molar-refractivity contribution in [1.82, 2.24) is 4.90 Å². The van der Waals surface area contributed by atoms with Gasteiger partial charge >= 0.3 is 0 Å². The summed E-state index contributed by atoms with van der Waals surface area (Å²) in [6.07, 6.45) is 2.07. The molecule has 0 spiro atoms. The number of halogens is 2. The van der Waals surface area contributed by atoms with E-state index in [1.54, 1.807) is 0 Å². The van der Waals surface area contributed by atoms with E-state index >= 15 is 0 Å². The Morgan fingerprint density at radius 2 is 2.11 bits per heavy atom. The van der Waals surface area contributed by atoms with Crippen LogP contribution in [0.4, 0.5) is 0 Å². The van der Waals surface area contributed by atoms with Gasteiger partial charge in [-0.05, 0) is 30.5 Å². The van der Waals surface area contributed by atoms with Crippen LogP contribution in [0, 0.1) is 5.92 Å². The predicted molar refractivity (Wildman–Crippen MR) is 80.6 cm³/mol. The third kappa shape index (κ3) is 3.62. The van der Waals surface area contributed by atoms with Gasteiger partial charge in [-0.2, -0.15) is 0 Å². The van der Waals surface area contributed by atoms with Crippen LogP contribution in [0.1, 0.15) is 31.4 Å². The van der Waals surface area contributed by atoms with Crippen molar-refractivity contribution in [2.45, 2.75) is 25.8 Å². The van der Waals surface area contributed by atoms with E-state index in [0.717, 1.165) is 30.0 Å². The fourth-order valence-electron chi connectivity index (χ4n) is 2.45. The summed E-state index contributed by atoms with van der Waals surface area (Å²) in [5.74, 6) is 0.0628. The van der Waals surface area contributed by atoms with Crippen molar-refractivity contribution in [3.8, 4) is 0 Å². The molecule has 1 aliphatic rings. The SMILES string of the molecule is CC(CN)C(=O)N1CCCC1c1ccc(Cl)cc1.Cl. The first-order valence-electron chi connectivity index (χ1n) is 6.39. The van der Waals surface area contributed by atoms with Crippen molar-refractivity contribution in [3.05, 3.63) is 34.9 Å². The molecule has 1 amide bonds. The highest BCUT2D eigenvalue weighted by atomic mass is 35.5. The highest BCUT2D eigenvalue weighted by Crippen LogP contribution is 2.33. The zero-order valence-electron chi connectivity index (χ0n) is 11.0. The molecule has 1 aliphatic heterocycles. The smallest absolute Gasteiger partial charge is 0.227 e. The summed E-state index contributed by atoms with van der Waals surface area (Å²) >= 11 is 5.89. The molecular formula is C14H20Cl2N2O. The summed E-state index contributed by atoms with van der Waals surface area (Å²) in [5, 5.41) is 0.727. The Bertz CT molecular complexity index is 422. The second-order valence-electron chi connectivity index (χ2n) is 4.88. The Hall–Kier alpha value is -0.770. The molecule has 0 aromatic heterocycles. The Kier molecular flexibility index (Phi) is 6.11. The number of nitrogens with two attached hydrogens (primary N) is 1. The van der Waals surface area contributed by atoms with Gasteiger partial charge in [-0.15, -0.1) is 12.4 Å². The van der Waals surface area contributed by atoms with Crippen molar-refractivity contribution < 1.29 is 4.79 Å². The molecule has 1 aromatic carbocycles. The van der Waals surface area contributed by atoms with Crippen LogP contribution in [0.2, 0.25) is 5.02 Å². The first-order chi connectivity index (χ1) is 8.63. The minimum Gasteiger partial charge on any atom is -0.335 e. The molecule has 0 bridgehead atoms. The lowest BCUT2D eigenvalue weighted by Crippen LogP contribution is -2.37. The average Bonchev–Trinajstić information content (AvgIpc) is 2.87. The van der Waals surface area contributed by atoms with Crippen LogP contribution in [0.25, 0.3) is 0 Å².